The summed E-state index contributed by atoms with van der Waals surface area (Å²) in [5.74, 6) is -1.49. The van der Waals surface area contributed by atoms with Crippen molar-refractivity contribution in [3.63, 3.8) is 0 Å². The van der Waals surface area contributed by atoms with Crippen LogP contribution in [-0.2, 0) is 11.2 Å². The SMILES string of the molecule is CC(C#N)CN(C)C(=O)Cc1ccccc1C(=O)O. The number of carbonyl (C=O) groups is 2. The van der Waals surface area contributed by atoms with Gasteiger partial charge in [0.15, 0.2) is 0 Å². The first kappa shape index (κ1) is 14.7. The van der Waals surface area contributed by atoms with Gasteiger partial charge in [0.1, 0.15) is 0 Å². The maximum atomic E-state index is 12.0. The molecule has 19 heavy (non-hydrogen) atoms. The molecule has 1 unspecified atom stereocenters. The molecule has 0 saturated carbocycles. The minimum absolute atomic E-state index is 0.0249. The zero-order valence-corrected chi connectivity index (χ0v) is 11.0. The van der Waals surface area contributed by atoms with Gasteiger partial charge in [-0.1, -0.05) is 18.2 Å². The molecule has 0 bridgehead atoms. The number of carboxylic acids is 1. The summed E-state index contributed by atoms with van der Waals surface area (Å²) in [5.41, 5.74) is 0.619. The monoisotopic (exact) mass is 260 g/mol. The highest BCUT2D eigenvalue weighted by atomic mass is 16.4. The van der Waals surface area contributed by atoms with E-state index >= 15 is 0 Å². The Kier molecular flexibility index (Phi) is 5.07. The van der Waals surface area contributed by atoms with Crippen molar-refractivity contribution in [2.24, 2.45) is 5.92 Å². The van der Waals surface area contributed by atoms with Crippen molar-refractivity contribution in [2.45, 2.75) is 13.3 Å². The first-order valence-corrected chi connectivity index (χ1v) is 5.90. The molecule has 1 atom stereocenters. The maximum absolute atomic E-state index is 12.0. The maximum Gasteiger partial charge on any atom is 0.335 e. The highest BCUT2D eigenvalue weighted by Gasteiger charge is 2.16. The topological polar surface area (TPSA) is 81.4 Å². The molecule has 0 saturated heterocycles. The van der Waals surface area contributed by atoms with Crippen molar-refractivity contribution in [1.82, 2.24) is 4.90 Å². The molecule has 1 aromatic rings. The molecule has 5 nitrogen and oxygen atoms in total. The molecule has 1 rings (SSSR count). The van der Waals surface area contributed by atoms with Gasteiger partial charge in [-0.25, -0.2) is 4.79 Å². The van der Waals surface area contributed by atoms with Crippen molar-refractivity contribution in [2.75, 3.05) is 13.6 Å². The highest BCUT2D eigenvalue weighted by molar-refractivity contribution is 5.91. The average molecular weight is 260 g/mol. The Morgan fingerprint density at radius 2 is 2.05 bits per heavy atom. The van der Waals surface area contributed by atoms with E-state index < -0.39 is 5.97 Å². The minimum Gasteiger partial charge on any atom is -0.478 e. The first-order valence-electron chi connectivity index (χ1n) is 5.90. The predicted octanol–water partition coefficient (Wildman–Crippen LogP) is 1.55. The lowest BCUT2D eigenvalue weighted by Gasteiger charge is -2.18. The number of carbonyl (C=O) groups excluding carboxylic acids is 1. The van der Waals surface area contributed by atoms with Gasteiger partial charge in [-0.05, 0) is 18.6 Å². The second-order valence-corrected chi connectivity index (χ2v) is 4.44. The van der Waals surface area contributed by atoms with Crippen LogP contribution in [-0.4, -0.2) is 35.5 Å². The molecule has 5 heteroatoms. The summed E-state index contributed by atoms with van der Waals surface area (Å²) < 4.78 is 0. The fraction of sp³-hybridized carbons (Fsp3) is 0.357. The molecule has 1 N–H and O–H groups in total. The fourth-order valence-corrected chi connectivity index (χ4v) is 1.73. The van der Waals surface area contributed by atoms with Crippen LogP contribution in [0.2, 0.25) is 0 Å². The van der Waals surface area contributed by atoms with Gasteiger partial charge in [-0.2, -0.15) is 5.26 Å². The Hall–Kier alpha value is -2.35. The summed E-state index contributed by atoms with van der Waals surface area (Å²) in [6, 6.07) is 8.48. The zero-order chi connectivity index (χ0) is 14.4. The number of likely N-dealkylation sites (N-methyl/N-ethyl adjacent to an activating group) is 1. The van der Waals surface area contributed by atoms with Crippen LogP contribution < -0.4 is 0 Å². The van der Waals surface area contributed by atoms with Crippen molar-refractivity contribution < 1.29 is 14.7 Å². The summed E-state index contributed by atoms with van der Waals surface area (Å²) in [4.78, 5) is 24.4. The van der Waals surface area contributed by atoms with E-state index in [9.17, 15) is 9.59 Å². The number of aromatic carboxylic acids is 1. The van der Waals surface area contributed by atoms with Crippen molar-refractivity contribution in [3.05, 3.63) is 35.4 Å². The predicted molar refractivity (Wildman–Crippen MR) is 69.5 cm³/mol. The number of benzene rings is 1. The Morgan fingerprint density at radius 1 is 1.42 bits per heavy atom. The van der Waals surface area contributed by atoms with Gasteiger partial charge >= 0.3 is 5.97 Å². The van der Waals surface area contributed by atoms with Gasteiger partial charge in [0.25, 0.3) is 0 Å². The molecule has 0 heterocycles. The second kappa shape index (κ2) is 6.55. The lowest BCUT2D eigenvalue weighted by molar-refractivity contribution is -0.129. The fourth-order valence-electron chi connectivity index (χ4n) is 1.73. The van der Waals surface area contributed by atoms with Crippen LogP contribution in [0.4, 0.5) is 0 Å². The van der Waals surface area contributed by atoms with Crippen LogP contribution >= 0.6 is 0 Å². The summed E-state index contributed by atoms with van der Waals surface area (Å²) in [7, 11) is 1.61. The first-order chi connectivity index (χ1) is 8.95. The third-order valence-electron chi connectivity index (χ3n) is 2.78. The Labute approximate surface area is 112 Å². The van der Waals surface area contributed by atoms with Gasteiger partial charge < -0.3 is 10.0 Å². The van der Waals surface area contributed by atoms with Crippen LogP contribution in [0, 0.1) is 17.2 Å². The van der Waals surface area contributed by atoms with Gasteiger partial charge in [0, 0.05) is 13.6 Å². The standard InChI is InChI=1S/C14H16N2O3/c1-10(8-15)9-16(2)13(17)7-11-5-3-4-6-12(11)14(18)19/h3-6,10H,7,9H2,1-2H3,(H,18,19). The lowest BCUT2D eigenvalue weighted by atomic mass is 10.0. The molecule has 1 amide bonds. The number of rotatable bonds is 5. The van der Waals surface area contributed by atoms with Gasteiger partial charge in [0.05, 0.1) is 24.0 Å². The Morgan fingerprint density at radius 3 is 2.63 bits per heavy atom. The summed E-state index contributed by atoms with van der Waals surface area (Å²) >= 11 is 0. The number of hydrogen-bond acceptors (Lipinski definition) is 3. The van der Waals surface area contributed by atoms with E-state index in [0.717, 1.165) is 0 Å². The number of hydrogen-bond donors (Lipinski definition) is 1. The molecule has 0 aliphatic carbocycles. The molecule has 0 fully saturated rings. The smallest absolute Gasteiger partial charge is 0.335 e. The van der Waals surface area contributed by atoms with Gasteiger partial charge in [-0.3, -0.25) is 4.79 Å². The molecular weight excluding hydrogens is 244 g/mol. The van der Waals surface area contributed by atoms with E-state index in [-0.39, 0.29) is 23.8 Å². The Bertz CT molecular complexity index is 520. The highest BCUT2D eigenvalue weighted by Crippen LogP contribution is 2.11. The van der Waals surface area contributed by atoms with E-state index in [1.807, 2.05) is 0 Å². The molecule has 1 aromatic carbocycles. The number of amides is 1. The summed E-state index contributed by atoms with van der Waals surface area (Å²) in [6.45, 7) is 2.07. The summed E-state index contributed by atoms with van der Waals surface area (Å²) in [6.07, 6.45) is 0.0249. The van der Waals surface area contributed by atoms with Crippen LogP contribution in [0.25, 0.3) is 0 Å². The minimum atomic E-state index is -1.04. The van der Waals surface area contributed by atoms with E-state index in [2.05, 4.69) is 6.07 Å². The molecule has 0 spiro atoms. The largest absolute Gasteiger partial charge is 0.478 e. The van der Waals surface area contributed by atoms with Crippen LogP contribution in [0.5, 0.6) is 0 Å². The molecular formula is C14H16N2O3. The molecule has 100 valence electrons. The second-order valence-electron chi connectivity index (χ2n) is 4.44. The normalized spacial score (nSPS) is 11.4. The molecule has 0 aliphatic rings. The summed E-state index contributed by atoms with van der Waals surface area (Å²) in [5, 5.41) is 17.7. The van der Waals surface area contributed by atoms with Crippen molar-refractivity contribution in [3.8, 4) is 6.07 Å². The van der Waals surface area contributed by atoms with E-state index in [4.69, 9.17) is 10.4 Å². The van der Waals surface area contributed by atoms with Crippen LogP contribution in [0.3, 0.4) is 0 Å². The van der Waals surface area contributed by atoms with E-state index in [1.165, 1.54) is 11.0 Å². The third kappa shape index (κ3) is 4.11. The third-order valence-corrected chi connectivity index (χ3v) is 2.78. The lowest BCUT2D eigenvalue weighted by Crippen LogP contribution is -2.32. The van der Waals surface area contributed by atoms with Gasteiger partial charge in [0.2, 0.25) is 5.91 Å². The van der Waals surface area contributed by atoms with Crippen molar-refractivity contribution in [1.29, 1.82) is 5.26 Å². The number of nitrogens with zero attached hydrogens (tertiary/aromatic N) is 2. The quantitative estimate of drug-likeness (QED) is 0.870. The average Bonchev–Trinajstić information content (AvgIpc) is 2.38. The van der Waals surface area contributed by atoms with Crippen LogP contribution in [0.1, 0.15) is 22.8 Å². The number of nitriles is 1. The molecule has 0 aromatic heterocycles. The number of carboxylic acid groups (broad SMARTS) is 1. The molecule has 0 aliphatic heterocycles. The van der Waals surface area contributed by atoms with E-state index in [1.54, 1.807) is 32.2 Å². The van der Waals surface area contributed by atoms with Gasteiger partial charge in [-0.15, -0.1) is 0 Å². The molecule has 0 radical (unpaired) electrons. The Balaban J connectivity index is 2.78. The van der Waals surface area contributed by atoms with E-state index in [0.29, 0.717) is 12.1 Å². The van der Waals surface area contributed by atoms with Crippen LogP contribution in [0.15, 0.2) is 24.3 Å². The van der Waals surface area contributed by atoms with Crippen molar-refractivity contribution >= 4 is 11.9 Å². The zero-order valence-electron chi connectivity index (χ0n) is 11.0.